The van der Waals surface area contributed by atoms with Gasteiger partial charge in [-0.05, 0) is 12.1 Å². The van der Waals surface area contributed by atoms with E-state index in [1.807, 2.05) is 12.1 Å². The minimum absolute atomic E-state index is 0.572. The highest BCUT2D eigenvalue weighted by Crippen LogP contribution is 2.18. The first-order chi connectivity index (χ1) is 6.77. The van der Waals surface area contributed by atoms with Crippen molar-refractivity contribution < 1.29 is 4.74 Å². The van der Waals surface area contributed by atoms with Crippen LogP contribution < -0.4 is 16.2 Å². The van der Waals surface area contributed by atoms with Crippen molar-refractivity contribution >= 4 is 5.69 Å². The van der Waals surface area contributed by atoms with Gasteiger partial charge in [0.05, 0.1) is 12.8 Å². The molecule has 1 aromatic carbocycles. The van der Waals surface area contributed by atoms with Crippen LogP contribution in [0.4, 0.5) is 5.69 Å². The van der Waals surface area contributed by atoms with Gasteiger partial charge in [0.1, 0.15) is 5.75 Å². The van der Waals surface area contributed by atoms with Crippen LogP contribution in [0.15, 0.2) is 18.2 Å². The van der Waals surface area contributed by atoms with Gasteiger partial charge in [-0.3, -0.25) is 0 Å². The summed E-state index contributed by atoms with van der Waals surface area (Å²) >= 11 is 0. The standard InChI is InChI=1S/C11H14N2O/c1-14-10-6-5-9(11(13)8-10)4-2-3-7-12/h5-6,8H,3,7,12-13H2,1H3. The molecule has 3 nitrogen and oxygen atoms in total. The lowest BCUT2D eigenvalue weighted by molar-refractivity contribution is 0.415. The van der Waals surface area contributed by atoms with Crippen LogP contribution in [0, 0.1) is 11.8 Å². The molecule has 0 fully saturated rings. The number of nitrogens with two attached hydrogens (primary N) is 2. The van der Waals surface area contributed by atoms with Gasteiger partial charge in [-0.15, -0.1) is 0 Å². The van der Waals surface area contributed by atoms with E-state index in [2.05, 4.69) is 11.8 Å². The van der Waals surface area contributed by atoms with Gasteiger partial charge in [0.25, 0.3) is 0 Å². The Morgan fingerprint density at radius 3 is 2.79 bits per heavy atom. The molecule has 0 aliphatic heterocycles. The quantitative estimate of drug-likeness (QED) is 0.539. The number of methoxy groups -OCH3 is 1. The Hall–Kier alpha value is -1.66. The monoisotopic (exact) mass is 190 g/mol. The third-order valence-electron chi connectivity index (χ3n) is 1.75. The Morgan fingerprint density at radius 2 is 2.21 bits per heavy atom. The summed E-state index contributed by atoms with van der Waals surface area (Å²) in [6.45, 7) is 0.572. The summed E-state index contributed by atoms with van der Waals surface area (Å²) in [4.78, 5) is 0. The van der Waals surface area contributed by atoms with Crippen molar-refractivity contribution in [3.05, 3.63) is 23.8 Å². The topological polar surface area (TPSA) is 61.3 Å². The van der Waals surface area contributed by atoms with Gasteiger partial charge in [0.15, 0.2) is 0 Å². The van der Waals surface area contributed by atoms with Crippen LogP contribution >= 0.6 is 0 Å². The third-order valence-corrected chi connectivity index (χ3v) is 1.75. The molecule has 0 amide bonds. The maximum atomic E-state index is 5.77. The fourth-order valence-electron chi connectivity index (χ4n) is 1.01. The summed E-state index contributed by atoms with van der Waals surface area (Å²) in [5, 5.41) is 0. The zero-order valence-corrected chi connectivity index (χ0v) is 8.21. The van der Waals surface area contributed by atoms with E-state index < -0.39 is 0 Å². The second-order valence-corrected chi connectivity index (χ2v) is 2.79. The van der Waals surface area contributed by atoms with Crippen LogP contribution in [0.1, 0.15) is 12.0 Å². The van der Waals surface area contributed by atoms with E-state index in [-0.39, 0.29) is 0 Å². The average molecular weight is 190 g/mol. The first kappa shape index (κ1) is 10.4. The first-order valence-corrected chi connectivity index (χ1v) is 4.40. The molecule has 0 spiro atoms. The smallest absolute Gasteiger partial charge is 0.121 e. The zero-order valence-electron chi connectivity index (χ0n) is 8.21. The number of rotatable bonds is 2. The Morgan fingerprint density at radius 1 is 1.43 bits per heavy atom. The van der Waals surface area contributed by atoms with E-state index in [9.17, 15) is 0 Å². The summed E-state index contributed by atoms with van der Waals surface area (Å²) in [6.07, 6.45) is 0.686. The van der Waals surface area contributed by atoms with Gasteiger partial charge in [-0.25, -0.2) is 0 Å². The average Bonchev–Trinajstić information content (AvgIpc) is 2.20. The molecule has 4 N–H and O–H groups in total. The number of hydrogen-bond acceptors (Lipinski definition) is 3. The van der Waals surface area contributed by atoms with Gasteiger partial charge in [-0.1, -0.05) is 11.8 Å². The Balaban J connectivity index is 2.85. The first-order valence-electron chi connectivity index (χ1n) is 4.40. The Labute approximate surface area is 84.0 Å². The van der Waals surface area contributed by atoms with Crippen LogP contribution in [-0.2, 0) is 0 Å². The van der Waals surface area contributed by atoms with Gasteiger partial charge in [-0.2, -0.15) is 0 Å². The van der Waals surface area contributed by atoms with Crippen molar-refractivity contribution in [1.82, 2.24) is 0 Å². The molecule has 3 heteroatoms. The van der Waals surface area contributed by atoms with Gasteiger partial charge in [0.2, 0.25) is 0 Å². The van der Waals surface area contributed by atoms with Crippen LogP contribution in [0.5, 0.6) is 5.75 Å². The molecule has 0 unspecified atom stereocenters. The lowest BCUT2D eigenvalue weighted by Crippen LogP contribution is -1.96. The number of nitrogen functional groups attached to an aromatic ring is 1. The van der Waals surface area contributed by atoms with Crippen molar-refractivity contribution in [1.29, 1.82) is 0 Å². The highest BCUT2D eigenvalue weighted by Gasteiger charge is 1.97. The Bertz CT molecular complexity index is 363. The molecule has 0 aliphatic rings. The molecule has 0 atom stereocenters. The summed E-state index contributed by atoms with van der Waals surface area (Å²) in [6, 6.07) is 5.44. The van der Waals surface area contributed by atoms with E-state index in [0.29, 0.717) is 18.7 Å². The summed E-state index contributed by atoms with van der Waals surface area (Å²) in [5.74, 6) is 6.63. The molecule has 0 aromatic heterocycles. The number of ether oxygens (including phenoxy) is 1. The van der Waals surface area contributed by atoms with E-state index in [0.717, 1.165) is 11.3 Å². The maximum absolute atomic E-state index is 5.77. The number of hydrogen-bond donors (Lipinski definition) is 2. The number of benzene rings is 1. The Kier molecular flexibility index (Phi) is 3.84. The van der Waals surface area contributed by atoms with E-state index in [1.54, 1.807) is 13.2 Å². The van der Waals surface area contributed by atoms with Crippen molar-refractivity contribution in [3.8, 4) is 17.6 Å². The van der Waals surface area contributed by atoms with E-state index in [4.69, 9.17) is 16.2 Å². The van der Waals surface area contributed by atoms with Crippen LogP contribution in [0.3, 0.4) is 0 Å². The van der Waals surface area contributed by atoms with Gasteiger partial charge in [0, 0.05) is 24.6 Å². The molecule has 0 saturated carbocycles. The lowest BCUT2D eigenvalue weighted by atomic mass is 10.1. The van der Waals surface area contributed by atoms with Crippen LogP contribution in [-0.4, -0.2) is 13.7 Å². The second kappa shape index (κ2) is 5.15. The lowest BCUT2D eigenvalue weighted by Gasteiger charge is -2.02. The van der Waals surface area contributed by atoms with E-state index in [1.165, 1.54) is 0 Å². The molecule has 0 heterocycles. The predicted octanol–water partition coefficient (Wildman–Crippen LogP) is 0.978. The van der Waals surface area contributed by atoms with Crippen LogP contribution in [0.2, 0.25) is 0 Å². The van der Waals surface area contributed by atoms with Crippen molar-refractivity contribution in [2.24, 2.45) is 5.73 Å². The molecule has 1 aromatic rings. The van der Waals surface area contributed by atoms with Crippen LogP contribution in [0.25, 0.3) is 0 Å². The molecule has 0 bridgehead atoms. The van der Waals surface area contributed by atoms with Crippen molar-refractivity contribution in [3.63, 3.8) is 0 Å². The predicted molar refractivity (Wildman–Crippen MR) is 58.0 cm³/mol. The molecule has 0 radical (unpaired) electrons. The van der Waals surface area contributed by atoms with Crippen molar-refractivity contribution in [2.75, 3.05) is 19.4 Å². The third kappa shape index (κ3) is 2.68. The number of anilines is 1. The normalized spacial score (nSPS) is 9.00. The fourth-order valence-corrected chi connectivity index (χ4v) is 1.01. The molecule has 0 aliphatic carbocycles. The molecular formula is C11H14N2O. The van der Waals surface area contributed by atoms with E-state index >= 15 is 0 Å². The fraction of sp³-hybridized carbons (Fsp3) is 0.273. The summed E-state index contributed by atoms with van der Waals surface area (Å²) in [7, 11) is 1.61. The minimum atomic E-state index is 0.572. The SMILES string of the molecule is COc1ccc(C#CCCN)c(N)c1. The molecular weight excluding hydrogens is 176 g/mol. The minimum Gasteiger partial charge on any atom is -0.497 e. The van der Waals surface area contributed by atoms with Gasteiger partial charge >= 0.3 is 0 Å². The highest BCUT2D eigenvalue weighted by molar-refractivity contribution is 5.58. The molecule has 74 valence electrons. The summed E-state index contributed by atoms with van der Waals surface area (Å²) in [5.41, 5.74) is 12.5. The molecule has 1 rings (SSSR count). The largest absolute Gasteiger partial charge is 0.497 e. The second-order valence-electron chi connectivity index (χ2n) is 2.79. The maximum Gasteiger partial charge on any atom is 0.121 e. The molecule has 0 saturated heterocycles. The van der Waals surface area contributed by atoms with Crippen molar-refractivity contribution in [2.45, 2.75) is 6.42 Å². The summed E-state index contributed by atoms with van der Waals surface area (Å²) < 4.78 is 5.03. The van der Waals surface area contributed by atoms with Gasteiger partial charge < -0.3 is 16.2 Å². The zero-order chi connectivity index (χ0) is 10.4. The molecule has 14 heavy (non-hydrogen) atoms. The highest BCUT2D eigenvalue weighted by atomic mass is 16.5.